The zero-order valence-electron chi connectivity index (χ0n) is 15.9. The van der Waals surface area contributed by atoms with Gasteiger partial charge in [0.05, 0.1) is 25.6 Å². The number of carbonyl (C=O) groups is 3. The number of aliphatic hydroxyl groups excluding tert-OH is 1. The summed E-state index contributed by atoms with van der Waals surface area (Å²) in [5, 5.41) is 9.71. The fourth-order valence-corrected chi connectivity index (χ4v) is 2.73. The summed E-state index contributed by atoms with van der Waals surface area (Å²) in [6.07, 6.45) is 4.87. The van der Waals surface area contributed by atoms with Crippen LogP contribution in [0.5, 0.6) is 0 Å². The van der Waals surface area contributed by atoms with Crippen molar-refractivity contribution in [3.63, 3.8) is 0 Å². The van der Waals surface area contributed by atoms with Gasteiger partial charge in [-0.25, -0.2) is 4.79 Å². The largest absolute Gasteiger partial charge is 0.512 e. The highest BCUT2D eigenvalue weighted by molar-refractivity contribution is 6.76. The Kier molecular flexibility index (Phi) is 11.9. The van der Waals surface area contributed by atoms with Crippen molar-refractivity contribution in [2.75, 3.05) is 13.7 Å². The molecule has 7 heteroatoms. The lowest BCUT2D eigenvalue weighted by Gasteiger charge is -2.14. The number of ether oxygens (including phenoxy) is 2. The van der Waals surface area contributed by atoms with Gasteiger partial charge in [-0.1, -0.05) is 32.5 Å². The third-order valence-electron chi connectivity index (χ3n) is 3.59. The average molecular weight is 373 g/mol. The van der Waals surface area contributed by atoms with Crippen molar-refractivity contribution in [1.29, 1.82) is 0 Å². The van der Waals surface area contributed by atoms with Gasteiger partial charge < -0.3 is 14.6 Å². The molecule has 0 unspecified atom stereocenters. The number of allylic oxidation sites excluding steroid dienone is 1. The van der Waals surface area contributed by atoms with Crippen LogP contribution in [-0.4, -0.2) is 44.6 Å². The number of hydrogen-bond donors (Lipinski definition) is 1. The van der Waals surface area contributed by atoms with Crippen LogP contribution in [0.1, 0.15) is 44.9 Å². The molecule has 0 aromatic rings. The van der Waals surface area contributed by atoms with E-state index < -0.39 is 20.0 Å². The first-order chi connectivity index (χ1) is 11.6. The smallest absolute Gasteiger partial charge is 0.334 e. The minimum absolute atomic E-state index is 0.0276. The van der Waals surface area contributed by atoms with Crippen LogP contribution < -0.4 is 0 Å². The number of esters is 2. The van der Waals surface area contributed by atoms with Crippen LogP contribution in [-0.2, 0) is 23.9 Å². The molecule has 0 aliphatic heterocycles. The van der Waals surface area contributed by atoms with Crippen molar-refractivity contribution in [3.8, 4) is 0 Å². The molecule has 0 aliphatic carbocycles. The molecular weight excluding hydrogens is 340 g/mol. The van der Waals surface area contributed by atoms with E-state index in [9.17, 15) is 19.5 Å². The van der Waals surface area contributed by atoms with E-state index in [2.05, 4.69) is 24.4 Å². The second kappa shape index (κ2) is 12.7. The maximum atomic E-state index is 11.5. The third-order valence-corrected chi connectivity index (χ3v) is 5.29. The van der Waals surface area contributed by atoms with Crippen molar-refractivity contribution in [2.24, 2.45) is 0 Å². The highest BCUT2D eigenvalue weighted by Gasteiger charge is 2.13. The summed E-state index contributed by atoms with van der Waals surface area (Å²) in [5.74, 6) is -1.09. The number of unbranched alkanes of at least 4 members (excludes halogenated alkanes) is 3. The lowest BCUT2D eigenvalue weighted by molar-refractivity contribution is -0.143. The summed E-state index contributed by atoms with van der Waals surface area (Å²) in [6.45, 7) is 7.02. The maximum Gasteiger partial charge on any atom is 0.334 e. The summed E-state index contributed by atoms with van der Waals surface area (Å²) in [5.41, 5.74) is 0. The van der Waals surface area contributed by atoms with Crippen molar-refractivity contribution in [2.45, 2.75) is 70.6 Å². The molecule has 6 nitrogen and oxygen atoms in total. The molecule has 0 saturated carbocycles. The highest BCUT2D eigenvalue weighted by Crippen LogP contribution is 2.11. The quantitative estimate of drug-likeness (QED) is 0.132. The van der Waals surface area contributed by atoms with Crippen LogP contribution in [0.15, 0.2) is 11.8 Å². The van der Waals surface area contributed by atoms with E-state index in [1.165, 1.54) is 7.11 Å². The van der Waals surface area contributed by atoms with Crippen molar-refractivity contribution >= 4 is 25.8 Å². The number of aliphatic hydroxyl groups is 1. The maximum absolute atomic E-state index is 11.5. The average Bonchev–Trinajstić information content (AvgIpc) is 2.49. The zero-order chi connectivity index (χ0) is 19.3. The first kappa shape index (κ1) is 23.4. The van der Waals surface area contributed by atoms with E-state index in [4.69, 9.17) is 4.74 Å². The molecule has 1 N–H and O–H groups in total. The molecule has 0 heterocycles. The normalized spacial score (nSPS) is 11.9. The zero-order valence-corrected chi connectivity index (χ0v) is 16.9. The van der Waals surface area contributed by atoms with Gasteiger partial charge in [-0.15, -0.1) is 0 Å². The molecule has 0 atom stereocenters. The fourth-order valence-electron chi connectivity index (χ4n) is 2.01. The van der Waals surface area contributed by atoms with E-state index in [0.717, 1.165) is 31.4 Å². The van der Waals surface area contributed by atoms with Gasteiger partial charge in [-0.3, -0.25) is 9.59 Å². The molecule has 0 radical (unpaired) electrons. The minimum atomic E-state index is -1.23. The standard InChI is InChI=1S/C18H32O6Si/c1-23-17(21)13-15(19)9-7-5-6-8-10-16(20)14-18(22)24-11-12-25(2,3)4/h14,20H,5-13H2,1-4H3/b16-14-. The summed E-state index contributed by atoms with van der Waals surface area (Å²) in [6, 6.07) is 0.905. The summed E-state index contributed by atoms with van der Waals surface area (Å²) < 4.78 is 9.52. The Labute approximate surface area is 151 Å². The van der Waals surface area contributed by atoms with Crippen LogP contribution in [0.25, 0.3) is 0 Å². The minimum Gasteiger partial charge on any atom is -0.512 e. The Morgan fingerprint density at radius 2 is 1.60 bits per heavy atom. The van der Waals surface area contributed by atoms with Crippen LogP contribution in [0, 0.1) is 0 Å². The number of ketones is 1. The second-order valence-corrected chi connectivity index (χ2v) is 12.9. The van der Waals surface area contributed by atoms with E-state index in [0.29, 0.717) is 25.9 Å². The molecule has 0 spiro atoms. The lowest BCUT2D eigenvalue weighted by Crippen LogP contribution is -2.22. The first-order valence-corrected chi connectivity index (χ1v) is 12.5. The van der Waals surface area contributed by atoms with Crippen molar-refractivity contribution in [1.82, 2.24) is 0 Å². The molecule has 0 bridgehead atoms. The topological polar surface area (TPSA) is 89.9 Å². The predicted molar refractivity (Wildman–Crippen MR) is 99.2 cm³/mol. The Hall–Kier alpha value is -1.63. The van der Waals surface area contributed by atoms with Gasteiger partial charge in [-0.05, 0) is 18.9 Å². The lowest BCUT2D eigenvalue weighted by atomic mass is 10.1. The summed E-state index contributed by atoms with van der Waals surface area (Å²) in [7, 11) is 0.0341. The molecule has 0 amide bonds. The Morgan fingerprint density at radius 1 is 1.00 bits per heavy atom. The third kappa shape index (κ3) is 15.6. The molecule has 0 aliphatic rings. The van der Waals surface area contributed by atoms with Gasteiger partial charge in [-0.2, -0.15) is 0 Å². The van der Waals surface area contributed by atoms with E-state index >= 15 is 0 Å². The van der Waals surface area contributed by atoms with E-state index in [-0.39, 0.29) is 18.0 Å². The Bertz CT molecular complexity index is 465. The van der Waals surface area contributed by atoms with Crippen LogP contribution in [0.4, 0.5) is 0 Å². The molecule has 0 fully saturated rings. The van der Waals surface area contributed by atoms with Gasteiger partial charge in [0.2, 0.25) is 0 Å². The molecule has 144 valence electrons. The fraction of sp³-hybridized carbons (Fsp3) is 0.722. The summed E-state index contributed by atoms with van der Waals surface area (Å²) >= 11 is 0. The van der Waals surface area contributed by atoms with Crippen molar-refractivity contribution < 1.29 is 29.0 Å². The first-order valence-electron chi connectivity index (χ1n) is 8.79. The number of hydrogen-bond acceptors (Lipinski definition) is 6. The van der Waals surface area contributed by atoms with Gasteiger partial charge >= 0.3 is 11.9 Å². The predicted octanol–water partition coefficient (Wildman–Crippen LogP) is 3.78. The van der Waals surface area contributed by atoms with E-state index in [1.807, 2.05) is 0 Å². The number of Topliss-reactive ketones (excluding diaryl/α,β-unsaturated/α-hetero) is 1. The molecule has 0 aromatic carbocycles. The Balaban J connectivity index is 3.74. The molecule has 0 rings (SSSR count). The second-order valence-electron chi connectivity index (χ2n) is 7.32. The highest BCUT2D eigenvalue weighted by atomic mass is 28.3. The van der Waals surface area contributed by atoms with Gasteiger partial charge in [0.25, 0.3) is 0 Å². The monoisotopic (exact) mass is 372 g/mol. The number of rotatable bonds is 13. The summed E-state index contributed by atoms with van der Waals surface area (Å²) in [4.78, 5) is 33.9. The van der Waals surface area contributed by atoms with Gasteiger partial charge in [0.1, 0.15) is 12.2 Å². The van der Waals surface area contributed by atoms with Gasteiger partial charge in [0.15, 0.2) is 0 Å². The van der Waals surface area contributed by atoms with Gasteiger partial charge in [0, 0.05) is 20.9 Å². The molecular formula is C18H32O6Si. The van der Waals surface area contributed by atoms with Crippen LogP contribution >= 0.6 is 0 Å². The number of methoxy groups -OCH3 is 1. The molecule has 25 heavy (non-hydrogen) atoms. The molecule has 0 saturated heterocycles. The SMILES string of the molecule is COC(=O)CC(=O)CCCCCC/C(O)=C/C(=O)OCC[Si](C)(C)C. The Morgan fingerprint density at radius 3 is 2.16 bits per heavy atom. The van der Waals surface area contributed by atoms with Crippen LogP contribution in [0.3, 0.4) is 0 Å². The number of carbonyl (C=O) groups excluding carboxylic acids is 3. The van der Waals surface area contributed by atoms with Crippen LogP contribution in [0.2, 0.25) is 25.7 Å². The van der Waals surface area contributed by atoms with Crippen molar-refractivity contribution in [3.05, 3.63) is 11.8 Å². The van der Waals surface area contributed by atoms with E-state index in [1.54, 1.807) is 0 Å². The molecule has 0 aromatic heterocycles.